The molecule has 0 unspecified atom stereocenters. The van der Waals surface area contributed by atoms with E-state index < -0.39 is 5.91 Å². The van der Waals surface area contributed by atoms with Gasteiger partial charge in [0.2, 0.25) is 0 Å². The lowest BCUT2D eigenvalue weighted by molar-refractivity contribution is 0.100. The minimum atomic E-state index is -0.598. The summed E-state index contributed by atoms with van der Waals surface area (Å²) in [6.45, 7) is 0. The molecule has 0 aliphatic heterocycles. The summed E-state index contributed by atoms with van der Waals surface area (Å²) in [5.74, 6) is -0.252. The van der Waals surface area contributed by atoms with E-state index in [0.29, 0.717) is 22.2 Å². The molecule has 0 radical (unpaired) electrons. The number of amides is 1. The second kappa shape index (κ2) is 4.93. The fourth-order valence-electron chi connectivity index (χ4n) is 1.47. The fraction of sp³-hybridized carbons (Fsp3) is 0. The molecule has 1 heterocycles. The van der Waals surface area contributed by atoms with E-state index in [1.54, 1.807) is 24.3 Å². The molecule has 1 aromatic heterocycles. The third-order valence-electron chi connectivity index (χ3n) is 2.26. The van der Waals surface area contributed by atoms with E-state index in [0.717, 1.165) is 0 Å². The molecule has 0 aliphatic rings. The molecule has 5 N–H and O–H groups in total. The second-order valence-corrected chi connectivity index (χ2v) is 4.10. The van der Waals surface area contributed by atoms with Gasteiger partial charge in [-0.05, 0) is 24.3 Å². The summed E-state index contributed by atoms with van der Waals surface area (Å²) in [5, 5.41) is 3.55. The van der Waals surface area contributed by atoms with Crippen molar-refractivity contribution in [3.63, 3.8) is 0 Å². The molecular formula is C12H11ClN4O. The maximum Gasteiger partial charge on any atom is 0.252 e. The SMILES string of the molecule is NC(=O)c1cc(N)cnc1Nc1cccc(Cl)c1. The monoisotopic (exact) mass is 262 g/mol. The number of hydrogen-bond donors (Lipinski definition) is 3. The number of nitrogens with zero attached hydrogens (tertiary/aromatic N) is 1. The zero-order valence-corrected chi connectivity index (χ0v) is 10.1. The predicted octanol–water partition coefficient (Wildman–Crippen LogP) is 2.16. The Kier molecular flexibility index (Phi) is 3.34. The second-order valence-electron chi connectivity index (χ2n) is 3.66. The van der Waals surface area contributed by atoms with Crippen LogP contribution in [0.3, 0.4) is 0 Å². The van der Waals surface area contributed by atoms with Crippen molar-refractivity contribution in [3.05, 3.63) is 47.1 Å². The van der Waals surface area contributed by atoms with Crippen LogP contribution in [-0.2, 0) is 0 Å². The van der Waals surface area contributed by atoms with Gasteiger partial charge in [0.1, 0.15) is 5.82 Å². The molecule has 0 saturated heterocycles. The third kappa shape index (κ3) is 2.70. The summed E-state index contributed by atoms with van der Waals surface area (Å²) in [6.07, 6.45) is 1.44. The first-order valence-corrected chi connectivity index (χ1v) is 5.52. The molecule has 6 heteroatoms. The van der Waals surface area contributed by atoms with Crippen molar-refractivity contribution in [3.8, 4) is 0 Å². The average Bonchev–Trinajstić information content (AvgIpc) is 2.31. The van der Waals surface area contributed by atoms with E-state index >= 15 is 0 Å². The molecule has 0 atom stereocenters. The smallest absolute Gasteiger partial charge is 0.252 e. The Balaban J connectivity index is 2.37. The van der Waals surface area contributed by atoms with Gasteiger partial charge >= 0.3 is 0 Å². The Morgan fingerprint density at radius 2 is 2.11 bits per heavy atom. The first kappa shape index (κ1) is 12.2. The minimum Gasteiger partial charge on any atom is -0.397 e. The molecule has 2 aromatic rings. The van der Waals surface area contributed by atoms with Crippen molar-refractivity contribution in [2.45, 2.75) is 0 Å². The Morgan fingerprint density at radius 3 is 2.78 bits per heavy atom. The molecule has 18 heavy (non-hydrogen) atoms. The standard InChI is InChI=1S/C12H11ClN4O/c13-7-2-1-3-9(4-7)17-12-10(11(15)18)5-8(14)6-16-12/h1-6H,14H2,(H2,15,18)(H,16,17). The molecule has 2 rings (SSSR count). The van der Waals surface area contributed by atoms with E-state index in [2.05, 4.69) is 10.3 Å². The molecular weight excluding hydrogens is 252 g/mol. The number of benzene rings is 1. The van der Waals surface area contributed by atoms with Crippen molar-refractivity contribution >= 4 is 34.7 Å². The number of rotatable bonds is 3. The van der Waals surface area contributed by atoms with E-state index in [9.17, 15) is 4.79 Å². The normalized spacial score (nSPS) is 10.1. The van der Waals surface area contributed by atoms with E-state index in [-0.39, 0.29) is 5.56 Å². The summed E-state index contributed by atoms with van der Waals surface area (Å²) >= 11 is 5.87. The molecule has 5 nitrogen and oxygen atoms in total. The van der Waals surface area contributed by atoms with Crippen molar-refractivity contribution in [1.29, 1.82) is 0 Å². The van der Waals surface area contributed by atoms with Crippen LogP contribution >= 0.6 is 11.6 Å². The van der Waals surface area contributed by atoms with Crippen LogP contribution in [0.4, 0.5) is 17.2 Å². The van der Waals surface area contributed by atoms with Gasteiger partial charge in [-0.3, -0.25) is 4.79 Å². The molecule has 1 aromatic carbocycles. The van der Waals surface area contributed by atoms with Gasteiger partial charge in [0.15, 0.2) is 0 Å². The molecule has 0 fully saturated rings. The lowest BCUT2D eigenvalue weighted by Crippen LogP contribution is -2.14. The lowest BCUT2D eigenvalue weighted by atomic mass is 10.2. The van der Waals surface area contributed by atoms with Gasteiger partial charge in [-0.1, -0.05) is 17.7 Å². The van der Waals surface area contributed by atoms with Crippen LogP contribution in [0.5, 0.6) is 0 Å². The van der Waals surface area contributed by atoms with Crippen LogP contribution in [-0.4, -0.2) is 10.9 Å². The number of aromatic nitrogens is 1. The zero-order valence-electron chi connectivity index (χ0n) is 9.35. The predicted molar refractivity (Wildman–Crippen MR) is 71.9 cm³/mol. The van der Waals surface area contributed by atoms with Crippen LogP contribution in [0, 0.1) is 0 Å². The fourth-order valence-corrected chi connectivity index (χ4v) is 1.66. The number of nitrogens with two attached hydrogens (primary N) is 2. The van der Waals surface area contributed by atoms with Gasteiger partial charge in [0, 0.05) is 10.7 Å². The van der Waals surface area contributed by atoms with Crippen molar-refractivity contribution in [2.75, 3.05) is 11.1 Å². The highest BCUT2D eigenvalue weighted by Crippen LogP contribution is 2.22. The Bertz CT molecular complexity index is 600. The first-order valence-electron chi connectivity index (χ1n) is 5.14. The molecule has 0 spiro atoms. The summed E-state index contributed by atoms with van der Waals surface area (Å²) in [5.41, 5.74) is 12.1. The first-order chi connectivity index (χ1) is 8.56. The van der Waals surface area contributed by atoms with Crippen LogP contribution in [0.15, 0.2) is 36.5 Å². The number of anilines is 3. The Morgan fingerprint density at radius 1 is 1.33 bits per heavy atom. The van der Waals surface area contributed by atoms with Gasteiger partial charge in [-0.25, -0.2) is 4.98 Å². The van der Waals surface area contributed by atoms with Gasteiger partial charge < -0.3 is 16.8 Å². The number of carbonyl (C=O) groups is 1. The highest BCUT2D eigenvalue weighted by molar-refractivity contribution is 6.30. The maximum atomic E-state index is 11.3. The Hall–Kier alpha value is -2.27. The van der Waals surface area contributed by atoms with Crippen LogP contribution in [0.1, 0.15) is 10.4 Å². The average molecular weight is 263 g/mol. The van der Waals surface area contributed by atoms with Gasteiger partial charge in [-0.2, -0.15) is 0 Å². The molecule has 0 aliphatic carbocycles. The maximum absolute atomic E-state index is 11.3. The van der Waals surface area contributed by atoms with Gasteiger partial charge in [0.25, 0.3) is 5.91 Å². The number of nitrogens with one attached hydrogen (secondary N) is 1. The number of primary amides is 1. The summed E-state index contributed by atoms with van der Waals surface area (Å²) in [6, 6.07) is 8.52. The van der Waals surface area contributed by atoms with Crippen LogP contribution < -0.4 is 16.8 Å². The van der Waals surface area contributed by atoms with Crippen molar-refractivity contribution < 1.29 is 4.79 Å². The lowest BCUT2D eigenvalue weighted by Gasteiger charge is -2.09. The van der Waals surface area contributed by atoms with E-state index in [1.807, 2.05) is 0 Å². The largest absolute Gasteiger partial charge is 0.397 e. The van der Waals surface area contributed by atoms with Crippen LogP contribution in [0.2, 0.25) is 5.02 Å². The number of halogens is 1. The number of carbonyl (C=O) groups excluding carboxylic acids is 1. The minimum absolute atomic E-state index is 0.231. The van der Waals surface area contributed by atoms with Crippen molar-refractivity contribution in [2.24, 2.45) is 5.73 Å². The number of pyridine rings is 1. The van der Waals surface area contributed by atoms with E-state index in [1.165, 1.54) is 12.3 Å². The zero-order chi connectivity index (χ0) is 13.1. The van der Waals surface area contributed by atoms with Crippen LogP contribution in [0.25, 0.3) is 0 Å². The highest BCUT2D eigenvalue weighted by atomic mass is 35.5. The summed E-state index contributed by atoms with van der Waals surface area (Å²) in [7, 11) is 0. The highest BCUT2D eigenvalue weighted by Gasteiger charge is 2.10. The molecule has 0 saturated carbocycles. The molecule has 1 amide bonds. The third-order valence-corrected chi connectivity index (χ3v) is 2.50. The van der Waals surface area contributed by atoms with Crippen molar-refractivity contribution in [1.82, 2.24) is 4.98 Å². The Labute approximate surface area is 109 Å². The summed E-state index contributed by atoms with van der Waals surface area (Å²) in [4.78, 5) is 15.3. The molecule has 92 valence electrons. The molecule has 0 bridgehead atoms. The number of hydrogen-bond acceptors (Lipinski definition) is 4. The van der Waals surface area contributed by atoms with Gasteiger partial charge in [-0.15, -0.1) is 0 Å². The van der Waals surface area contributed by atoms with E-state index in [4.69, 9.17) is 23.1 Å². The quantitative estimate of drug-likeness (QED) is 0.790. The number of nitrogen functional groups attached to an aromatic ring is 1. The topological polar surface area (TPSA) is 94.0 Å². The summed E-state index contributed by atoms with van der Waals surface area (Å²) < 4.78 is 0. The van der Waals surface area contributed by atoms with Gasteiger partial charge in [0.05, 0.1) is 17.4 Å².